The van der Waals surface area contributed by atoms with Crippen molar-refractivity contribution in [1.82, 2.24) is 9.71 Å². The van der Waals surface area contributed by atoms with Crippen molar-refractivity contribution >= 4 is 27.8 Å². The maximum Gasteiger partial charge on any atom is 0.327 e. The normalized spacial score (nSPS) is 16.0. The molecule has 2 aromatic rings. The fourth-order valence-corrected chi connectivity index (χ4v) is 3.44. The molecule has 7 nitrogen and oxygen atoms in total. The molecule has 1 aromatic heterocycles. The van der Waals surface area contributed by atoms with Crippen LogP contribution in [0.4, 0.5) is 5.69 Å². The van der Waals surface area contributed by atoms with E-state index in [1.807, 2.05) is 31.2 Å². The van der Waals surface area contributed by atoms with Gasteiger partial charge in [0.25, 0.3) is 0 Å². The van der Waals surface area contributed by atoms with Gasteiger partial charge in [-0.25, -0.2) is 4.31 Å². The predicted molar refractivity (Wildman–Crippen MR) is 92.4 cm³/mol. The summed E-state index contributed by atoms with van der Waals surface area (Å²) < 4.78 is 28.5. The van der Waals surface area contributed by atoms with Crippen molar-refractivity contribution in [1.29, 1.82) is 0 Å². The van der Waals surface area contributed by atoms with E-state index < -0.39 is 10.2 Å². The lowest BCUT2D eigenvalue weighted by molar-refractivity contribution is 0.160. The Morgan fingerprint density at radius 3 is 2.75 bits per heavy atom. The van der Waals surface area contributed by atoms with Crippen molar-refractivity contribution in [2.24, 2.45) is 5.16 Å². The van der Waals surface area contributed by atoms with Gasteiger partial charge in [0, 0.05) is 29.7 Å². The number of oxime groups is 1. The number of benzene rings is 1. The van der Waals surface area contributed by atoms with Gasteiger partial charge < -0.3 is 4.84 Å². The molecular weight excluding hydrogens is 328 g/mol. The molecule has 2 heterocycles. The van der Waals surface area contributed by atoms with Crippen molar-refractivity contribution in [3.63, 3.8) is 0 Å². The van der Waals surface area contributed by atoms with Crippen LogP contribution in [0.1, 0.15) is 18.1 Å². The number of hydrogen-bond acceptors (Lipinski definition) is 5. The van der Waals surface area contributed by atoms with E-state index in [9.17, 15) is 8.42 Å². The summed E-state index contributed by atoms with van der Waals surface area (Å²) in [6.45, 7) is 2.30. The molecule has 0 spiro atoms. The summed E-state index contributed by atoms with van der Waals surface area (Å²) in [5.74, 6) is 0. The van der Waals surface area contributed by atoms with Crippen molar-refractivity contribution in [3.8, 4) is 0 Å². The molecule has 1 aromatic carbocycles. The summed E-state index contributed by atoms with van der Waals surface area (Å²) in [6.07, 6.45) is 6.18. The Bertz CT molecular complexity index is 879. The molecule has 124 valence electrons. The van der Waals surface area contributed by atoms with E-state index in [1.54, 1.807) is 30.7 Å². The highest BCUT2D eigenvalue weighted by Gasteiger charge is 2.30. The number of nitrogens with zero attached hydrogens (tertiary/aromatic N) is 3. The molecule has 0 radical (unpaired) electrons. The van der Waals surface area contributed by atoms with Crippen LogP contribution < -0.4 is 9.03 Å². The summed E-state index contributed by atoms with van der Waals surface area (Å²) in [7, 11) is -3.69. The molecule has 3 rings (SSSR count). The summed E-state index contributed by atoms with van der Waals surface area (Å²) in [5.41, 5.74) is 2.43. The fourth-order valence-electron chi connectivity index (χ4n) is 2.25. The Morgan fingerprint density at radius 2 is 2.00 bits per heavy atom. The zero-order valence-electron chi connectivity index (χ0n) is 13.0. The Hall–Kier alpha value is -2.87. The second kappa shape index (κ2) is 6.71. The first-order valence-corrected chi connectivity index (χ1v) is 8.74. The van der Waals surface area contributed by atoms with Crippen molar-refractivity contribution in [2.75, 3.05) is 10.9 Å². The van der Waals surface area contributed by atoms with Crippen LogP contribution in [0.2, 0.25) is 0 Å². The number of anilines is 1. The number of aromatic nitrogens is 1. The van der Waals surface area contributed by atoms with Crippen molar-refractivity contribution < 1.29 is 13.3 Å². The third-order valence-electron chi connectivity index (χ3n) is 3.31. The van der Waals surface area contributed by atoms with Crippen LogP contribution in [0.25, 0.3) is 5.70 Å². The highest BCUT2D eigenvalue weighted by Crippen LogP contribution is 2.28. The van der Waals surface area contributed by atoms with Crippen LogP contribution in [0.15, 0.2) is 60.1 Å². The average molecular weight is 344 g/mol. The van der Waals surface area contributed by atoms with Crippen LogP contribution >= 0.6 is 0 Å². The summed E-state index contributed by atoms with van der Waals surface area (Å²) in [4.78, 5) is 8.88. The largest absolute Gasteiger partial charge is 0.396 e. The molecule has 0 unspecified atom stereocenters. The molecule has 8 heteroatoms. The number of hydrogen-bond donors (Lipinski definition) is 1. The van der Waals surface area contributed by atoms with Crippen LogP contribution in [0.3, 0.4) is 0 Å². The molecule has 0 saturated carbocycles. The topological polar surface area (TPSA) is 83.9 Å². The van der Waals surface area contributed by atoms with E-state index in [0.717, 1.165) is 5.56 Å². The smallest absolute Gasteiger partial charge is 0.327 e. The Morgan fingerprint density at radius 1 is 1.25 bits per heavy atom. The lowest BCUT2D eigenvalue weighted by atomic mass is 10.1. The third-order valence-corrected chi connectivity index (χ3v) is 4.62. The minimum atomic E-state index is -3.69. The first kappa shape index (κ1) is 16.0. The zero-order valence-corrected chi connectivity index (χ0v) is 13.8. The molecule has 0 atom stereocenters. The summed E-state index contributed by atoms with van der Waals surface area (Å²) >= 11 is 0. The van der Waals surface area contributed by atoms with Gasteiger partial charge in [0.1, 0.15) is 6.61 Å². The summed E-state index contributed by atoms with van der Waals surface area (Å²) in [6, 6.07) is 10.6. The molecular formula is C16H16N4O3S. The molecule has 0 fully saturated rings. The lowest BCUT2D eigenvalue weighted by Gasteiger charge is -2.13. The highest BCUT2D eigenvalue weighted by molar-refractivity contribution is 7.91. The molecule has 1 aliphatic heterocycles. The minimum absolute atomic E-state index is 0.462. The second-order valence-corrected chi connectivity index (χ2v) is 6.44. The standard InChI is InChI=1S/C16H16N4O3S/c1-2-23-18-11-13-5-3-4-6-15(13)16-12-20(24(21,22)19-16)14-7-9-17-10-8-14/h3-12,19H,2H2,1H3. The predicted octanol–water partition coefficient (Wildman–Crippen LogP) is 2.10. The Kier molecular flexibility index (Phi) is 4.48. The van der Waals surface area contributed by atoms with E-state index in [-0.39, 0.29) is 0 Å². The maximum absolute atomic E-state index is 12.4. The van der Waals surface area contributed by atoms with Gasteiger partial charge in [-0.05, 0) is 19.1 Å². The zero-order chi connectivity index (χ0) is 17.0. The molecule has 0 saturated heterocycles. The van der Waals surface area contributed by atoms with Crippen LogP contribution in [0.5, 0.6) is 0 Å². The first-order chi connectivity index (χ1) is 11.6. The van der Waals surface area contributed by atoms with Gasteiger partial charge in [0.15, 0.2) is 0 Å². The SMILES string of the molecule is CCON=Cc1ccccc1C1=CN(c2ccncc2)S(=O)(=O)N1. The van der Waals surface area contributed by atoms with E-state index in [1.165, 1.54) is 10.5 Å². The fraction of sp³-hybridized carbons (Fsp3) is 0.125. The number of pyridine rings is 1. The van der Waals surface area contributed by atoms with Crippen LogP contribution in [-0.2, 0) is 15.0 Å². The Balaban J connectivity index is 1.99. The lowest BCUT2D eigenvalue weighted by Crippen LogP contribution is -2.29. The molecule has 0 amide bonds. The van der Waals surface area contributed by atoms with Gasteiger partial charge in [0.05, 0.1) is 17.6 Å². The molecule has 1 N–H and O–H groups in total. The van der Waals surface area contributed by atoms with Gasteiger partial charge >= 0.3 is 10.2 Å². The maximum atomic E-state index is 12.4. The van der Waals surface area contributed by atoms with Gasteiger partial charge in [-0.3, -0.25) is 9.71 Å². The molecule has 0 bridgehead atoms. The molecule has 24 heavy (non-hydrogen) atoms. The van der Waals surface area contributed by atoms with Gasteiger partial charge in [-0.15, -0.1) is 0 Å². The number of rotatable bonds is 5. The van der Waals surface area contributed by atoms with E-state index in [0.29, 0.717) is 23.6 Å². The minimum Gasteiger partial charge on any atom is -0.396 e. The van der Waals surface area contributed by atoms with E-state index in [4.69, 9.17) is 4.84 Å². The van der Waals surface area contributed by atoms with Crippen LogP contribution in [0, 0.1) is 0 Å². The average Bonchev–Trinajstić information content (AvgIpc) is 2.91. The third kappa shape index (κ3) is 3.23. The first-order valence-electron chi connectivity index (χ1n) is 7.30. The summed E-state index contributed by atoms with van der Waals surface area (Å²) in [5, 5.41) is 3.85. The van der Waals surface area contributed by atoms with Crippen molar-refractivity contribution in [2.45, 2.75) is 6.92 Å². The van der Waals surface area contributed by atoms with Gasteiger partial charge in [-0.2, -0.15) is 8.42 Å². The number of nitrogens with one attached hydrogen (secondary N) is 1. The van der Waals surface area contributed by atoms with E-state index in [2.05, 4.69) is 14.9 Å². The highest BCUT2D eigenvalue weighted by atomic mass is 32.2. The molecule has 0 aliphatic carbocycles. The van der Waals surface area contributed by atoms with Gasteiger partial charge in [0.2, 0.25) is 0 Å². The van der Waals surface area contributed by atoms with Gasteiger partial charge in [-0.1, -0.05) is 29.4 Å². The van der Waals surface area contributed by atoms with Crippen LogP contribution in [-0.4, -0.2) is 26.2 Å². The molecule has 1 aliphatic rings. The Labute approximate surface area is 140 Å². The van der Waals surface area contributed by atoms with E-state index >= 15 is 0 Å². The quantitative estimate of drug-likeness (QED) is 0.665. The van der Waals surface area contributed by atoms with Crippen molar-refractivity contribution in [3.05, 3.63) is 66.1 Å². The second-order valence-electron chi connectivity index (χ2n) is 4.89. The monoisotopic (exact) mass is 344 g/mol.